The van der Waals surface area contributed by atoms with E-state index in [1.165, 1.54) is 0 Å². The lowest BCUT2D eigenvalue weighted by molar-refractivity contribution is 0.122. The molecular formula is C21H23N5O2. The van der Waals surface area contributed by atoms with Crippen molar-refractivity contribution in [2.24, 2.45) is 0 Å². The predicted molar refractivity (Wildman–Crippen MR) is 109 cm³/mol. The second-order valence-corrected chi connectivity index (χ2v) is 6.36. The van der Waals surface area contributed by atoms with E-state index in [0.717, 1.165) is 49.3 Å². The maximum atomic E-state index is 5.68. The summed E-state index contributed by atoms with van der Waals surface area (Å²) in [6, 6.07) is 15.6. The van der Waals surface area contributed by atoms with Crippen molar-refractivity contribution in [1.82, 2.24) is 15.0 Å². The quantitative estimate of drug-likeness (QED) is 0.635. The Kier molecular flexibility index (Phi) is 5.94. The molecule has 2 aromatic heterocycles. The fourth-order valence-electron chi connectivity index (χ4n) is 2.96. The van der Waals surface area contributed by atoms with E-state index in [9.17, 15) is 0 Å². The number of hydrogen-bond donors (Lipinski definition) is 1. The zero-order chi connectivity index (χ0) is 19.0. The smallest absolute Gasteiger partial charge is 0.163 e. The van der Waals surface area contributed by atoms with Gasteiger partial charge in [-0.25, -0.2) is 15.0 Å². The molecular weight excluding hydrogens is 354 g/mol. The molecule has 1 aliphatic rings. The largest absolute Gasteiger partial charge is 0.492 e. The number of benzene rings is 1. The molecule has 4 rings (SSSR count). The molecule has 0 atom stereocenters. The van der Waals surface area contributed by atoms with E-state index in [0.29, 0.717) is 19.0 Å². The van der Waals surface area contributed by atoms with Crippen molar-refractivity contribution in [2.45, 2.75) is 0 Å². The molecule has 1 aromatic carbocycles. The Morgan fingerprint density at radius 2 is 1.86 bits per heavy atom. The lowest BCUT2D eigenvalue weighted by Crippen LogP contribution is -2.36. The number of rotatable bonds is 7. The molecule has 7 heteroatoms. The third-order valence-corrected chi connectivity index (χ3v) is 4.42. The number of nitrogens with zero attached hydrogens (tertiary/aromatic N) is 4. The van der Waals surface area contributed by atoms with E-state index in [1.807, 2.05) is 54.7 Å². The highest BCUT2D eigenvalue weighted by Gasteiger charge is 2.12. The van der Waals surface area contributed by atoms with Crippen LogP contribution in [0.5, 0.6) is 5.75 Å². The van der Waals surface area contributed by atoms with Gasteiger partial charge >= 0.3 is 0 Å². The van der Waals surface area contributed by atoms with Gasteiger partial charge in [0.25, 0.3) is 0 Å². The van der Waals surface area contributed by atoms with Crippen molar-refractivity contribution in [3.8, 4) is 17.1 Å². The van der Waals surface area contributed by atoms with Gasteiger partial charge in [-0.2, -0.15) is 0 Å². The number of pyridine rings is 1. The second kappa shape index (κ2) is 9.14. The van der Waals surface area contributed by atoms with Crippen molar-refractivity contribution >= 4 is 11.6 Å². The zero-order valence-electron chi connectivity index (χ0n) is 15.6. The van der Waals surface area contributed by atoms with Crippen LogP contribution in [-0.4, -0.2) is 54.4 Å². The fraction of sp³-hybridized carbons (Fsp3) is 0.286. The first-order valence-electron chi connectivity index (χ1n) is 9.42. The lowest BCUT2D eigenvalue weighted by atomic mass is 10.2. The first-order valence-corrected chi connectivity index (χ1v) is 9.42. The van der Waals surface area contributed by atoms with Crippen LogP contribution < -0.4 is 15.0 Å². The van der Waals surface area contributed by atoms with Crippen molar-refractivity contribution in [1.29, 1.82) is 0 Å². The SMILES string of the molecule is c1ccc(OCCNc2ccnc(-c3ccc(N4CCOCC4)nc3)n2)cc1. The number of para-hydroxylation sites is 1. The van der Waals surface area contributed by atoms with Gasteiger partial charge in [-0.05, 0) is 30.3 Å². The maximum Gasteiger partial charge on any atom is 0.163 e. The Bertz CT molecular complexity index is 867. The Balaban J connectivity index is 1.34. The van der Waals surface area contributed by atoms with Gasteiger partial charge in [0.2, 0.25) is 0 Å². The standard InChI is InChI=1S/C21H23N5O2/c1-2-4-18(5-3-1)28-13-10-22-19-8-9-23-21(25-19)17-6-7-20(24-16-17)26-11-14-27-15-12-26/h1-9,16H,10-15H2,(H,22,23,25). The van der Waals surface area contributed by atoms with Crippen molar-refractivity contribution in [2.75, 3.05) is 49.7 Å². The lowest BCUT2D eigenvalue weighted by Gasteiger charge is -2.27. The Morgan fingerprint density at radius 3 is 2.64 bits per heavy atom. The molecule has 0 spiro atoms. The molecule has 0 bridgehead atoms. The summed E-state index contributed by atoms with van der Waals surface area (Å²) in [5, 5.41) is 3.27. The molecule has 0 amide bonds. The van der Waals surface area contributed by atoms with E-state index in [-0.39, 0.29) is 0 Å². The third kappa shape index (κ3) is 4.75. The van der Waals surface area contributed by atoms with Gasteiger partial charge in [-0.1, -0.05) is 18.2 Å². The highest BCUT2D eigenvalue weighted by molar-refractivity contribution is 5.58. The van der Waals surface area contributed by atoms with Gasteiger partial charge in [-0.3, -0.25) is 0 Å². The average molecular weight is 377 g/mol. The molecule has 1 saturated heterocycles. The number of anilines is 2. The van der Waals surface area contributed by atoms with Crippen LogP contribution in [0.1, 0.15) is 0 Å². The summed E-state index contributed by atoms with van der Waals surface area (Å²) in [7, 11) is 0. The number of nitrogens with one attached hydrogen (secondary N) is 1. The predicted octanol–water partition coefficient (Wildman–Crippen LogP) is 2.87. The van der Waals surface area contributed by atoms with Crippen molar-refractivity contribution in [3.05, 3.63) is 60.9 Å². The molecule has 3 heterocycles. The Hall–Kier alpha value is -3.19. The van der Waals surface area contributed by atoms with Crippen molar-refractivity contribution in [3.63, 3.8) is 0 Å². The molecule has 3 aromatic rings. The average Bonchev–Trinajstić information content (AvgIpc) is 2.78. The van der Waals surface area contributed by atoms with E-state index < -0.39 is 0 Å². The number of aromatic nitrogens is 3. The molecule has 0 saturated carbocycles. The molecule has 1 aliphatic heterocycles. The van der Waals surface area contributed by atoms with Crippen LogP contribution >= 0.6 is 0 Å². The molecule has 0 aliphatic carbocycles. The molecule has 7 nitrogen and oxygen atoms in total. The minimum atomic E-state index is 0.555. The van der Waals surface area contributed by atoms with Crippen LogP contribution in [0.2, 0.25) is 0 Å². The molecule has 28 heavy (non-hydrogen) atoms. The minimum absolute atomic E-state index is 0.555. The third-order valence-electron chi connectivity index (χ3n) is 4.42. The van der Waals surface area contributed by atoms with Crippen LogP contribution in [0.25, 0.3) is 11.4 Å². The summed E-state index contributed by atoms with van der Waals surface area (Å²) in [4.78, 5) is 15.7. The monoisotopic (exact) mass is 377 g/mol. The normalized spacial score (nSPS) is 13.9. The first-order chi connectivity index (χ1) is 13.9. The van der Waals surface area contributed by atoms with Gasteiger partial charge in [-0.15, -0.1) is 0 Å². The fourth-order valence-corrected chi connectivity index (χ4v) is 2.96. The topological polar surface area (TPSA) is 72.4 Å². The maximum absolute atomic E-state index is 5.68. The highest BCUT2D eigenvalue weighted by atomic mass is 16.5. The summed E-state index contributed by atoms with van der Waals surface area (Å²) in [5.41, 5.74) is 0.890. The molecule has 0 unspecified atom stereocenters. The number of morpholine rings is 1. The summed E-state index contributed by atoms with van der Waals surface area (Å²) in [5.74, 6) is 3.23. The van der Waals surface area contributed by atoms with Gasteiger partial charge in [0.1, 0.15) is 24.0 Å². The second-order valence-electron chi connectivity index (χ2n) is 6.36. The van der Waals surface area contributed by atoms with Gasteiger partial charge in [0.05, 0.1) is 19.8 Å². The molecule has 0 radical (unpaired) electrons. The summed E-state index contributed by atoms with van der Waals surface area (Å²) in [6.45, 7) is 4.43. The Labute approximate surface area is 164 Å². The van der Waals surface area contributed by atoms with E-state index in [4.69, 9.17) is 9.47 Å². The highest BCUT2D eigenvalue weighted by Crippen LogP contribution is 2.19. The van der Waals surface area contributed by atoms with Crippen LogP contribution in [-0.2, 0) is 4.74 Å². The summed E-state index contributed by atoms with van der Waals surface area (Å²) < 4.78 is 11.1. The van der Waals surface area contributed by atoms with Crippen molar-refractivity contribution < 1.29 is 9.47 Å². The first kappa shape index (κ1) is 18.2. The molecule has 1 N–H and O–H groups in total. The van der Waals surface area contributed by atoms with E-state index in [2.05, 4.69) is 25.2 Å². The van der Waals surface area contributed by atoms with Crippen LogP contribution in [0.4, 0.5) is 11.6 Å². The summed E-state index contributed by atoms with van der Waals surface area (Å²) in [6.07, 6.45) is 3.57. The summed E-state index contributed by atoms with van der Waals surface area (Å²) >= 11 is 0. The van der Waals surface area contributed by atoms with E-state index >= 15 is 0 Å². The van der Waals surface area contributed by atoms with Gasteiger partial charge in [0, 0.05) is 31.0 Å². The van der Waals surface area contributed by atoms with Gasteiger partial charge < -0.3 is 19.7 Å². The minimum Gasteiger partial charge on any atom is -0.492 e. The number of hydrogen-bond acceptors (Lipinski definition) is 7. The van der Waals surface area contributed by atoms with Crippen LogP contribution in [0.15, 0.2) is 60.9 Å². The van der Waals surface area contributed by atoms with Crippen LogP contribution in [0, 0.1) is 0 Å². The number of ether oxygens (including phenoxy) is 2. The molecule has 144 valence electrons. The zero-order valence-corrected chi connectivity index (χ0v) is 15.6. The van der Waals surface area contributed by atoms with Gasteiger partial charge in [0.15, 0.2) is 5.82 Å². The van der Waals surface area contributed by atoms with Crippen LogP contribution in [0.3, 0.4) is 0 Å². The Morgan fingerprint density at radius 1 is 1.00 bits per heavy atom. The molecule has 1 fully saturated rings. The van der Waals surface area contributed by atoms with E-state index in [1.54, 1.807) is 6.20 Å².